The summed E-state index contributed by atoms with van der Waals surface area (Å²) < 4.78 is 0. The van der Waals surface area contributed by atoms with E-state index in [1.165, 1.54) is 36.8 Å². The van der Waals surface area contributed by atoms with Gasteiger partial charge in [-0.05, 0) is 72.6 Å². The molecule has 0 fully saturated rings. The summed E-state index contributed by atoms with van der Waals surface area (Å²) in [6, 6.07) is 3.54. The molecule has 0 saturated heterocycles. The molecule has 0 aromatic heterocycles. The number of rotatable bonds is 8. The van der Waals surface area contributed by atoms with Crippen LogP contribution >= 0.6 is 0 Å². The maximum Gasteiger partial charge on any atom is 0.157 e. The Balaban J connectivity index is 2.61. The molecule has 0 unspecified atom stereocenters. The molecule has 2 N–H and O–H groups in total. The number of aromatic hydroxyl groups is 2. The maximum absolute atomic E-state index is 9.84. The van der Waals surface area contributed by atoms with Crippen molar-refractivity contribution in [1.82, 2.24) is 0 Å². The Hall–Kier alpha value is -1.18. The molecule has 0 heterocycles. The summed E-state index contributed by atoms with van der Waals surface area (Å²) in [6.45, 7) is 13.7. The normalized spacial score (nSPS) is 12.6. The number of unbranched alkanes of at least 4 members (excludes halogenated alkanes) is 2. The van der Waals surface area contributed by atoms with Gasteiger partial charge in [0.25, 0.3) is 0 Å². The fraction of sp³-hybridized carbons (Fsp3) is 0.727. The van der Waals surface area contributed by atoms with E-state index in [2.05, 4.69) is 41.5 Å². The van der Waals surface area contributed by atoms with Crippen LogP contribution in [0.15, 0.2) is 12.1 Å². The molecule has 0 saturated carbocycles. The van der Waals surface area contributed by atoms with Crippen LogP contribution in [0.25, 0.3) is 0 Å². The van der Waals surface area contributed by atoms with E-state index in [1.807, 2.05) is 0 Å². The molecule has 0 aliphatic rings. The lowest BCUT2D eigenvalue weighted by Crippen LogP contribution is -2.05. The van der Waals surface area contributed by atoms with Crippen molar-refractivity contribution in [2.45, 2.75) is 92.9 Å². The number of phenols is 2. The smallest absolute Gasteiger partial charge is 0.157 e. The van der Waals surface area contributed by atoms with Crippen LogP contribution in [-0.4, -0.2) is 10.2 Å². The largest absolute Gasteiger partial charge is 0.504 e. The van der Waals surface area contributed by atoms with Crippen LogP contribution in [-0.2, 0) is 12.8 Å². The lowest BCUT2D eigenvalue weighted by molar-refractivity contribution is 0.358. The first-order chi connectivity index (χ1) is 11.0. The van der Waals surface area contributed by atoms with E-state index in [1.54, 1.807) is 12.1 Å². The molecule has 0 atom stereocenters. The summed E-state index contributed by atoms with van der Waals surface area (Å²) in [5.41, 5.74) is 3.17. The van der Waals surface area contributed by atoms with E-state index in [0.717, 1.165) is 25.7 Å². The van der Waals surface area contributed by atoms with Crippen molar-refractivity contribution in [3.8, 4) is 11.5 Å². The van der Waals surface area contributed by atoms with Gasteiger partial charge in [-0.15, -0.1) is 0 Å². The standard InChI is InChI=1S/C22H38O2/c1-21(2,3)13-9-7-11-17-15-19(23)20(24)16-18(17)12-8-10-14-22(4,5)6/h15-16,23-24H,7-14H2,1-6H3. The van der Waals surface area contributed by atoms with Crippen LogP contribution in [0.5, 0.6) is 11.5 Å². The molecule has 0 bridgehead atoms. The highest BCUT2D eigenvalue weighted by Crippen LogP contribution is 2.31. The molecule has 1 aromatic rings. The predicted molar refractivity (Wildman–Crippen MR) is 104 cm³/mol. The molecule has 2 heteroatoms. The van der Waals surface area contributed by atoms with E-state index in [4.69, 9.17) is 0 Å². The monoisotopic (exact) mass is 334 g/mol. The van der Waals surface area contributed by atoms with Crippen molar-refractivity contribution < 1.29 is 10.2 Å². The molecule has 138 valence electrons. The lowest BCUT2D eigenvalue weighted by atomic mass is 9.87. The van der Waals surface area contributed by atoms with Gasteiger partial charge in [0.2, 0.25) is 0 Å². The van der Waals surface area contributed by atoms with Gasteiger partial charge in [0.1, 0.15) is 0 Å². The molecule has 0 radical (unpaired) electrons. The van der Waals surface area contributed by atoms with Gasteiger partial charge < -0.3 is 10.2 Å². The summed E-state index contributed by atoms with van der Waals surface area (Å²) in [5, 5.41) is 19.7. The van der Waals surface area contributed by atoms with Gasteiger partial charge in [-0.1, -0.05) is 54.4 Å². The Morgan fingerprint density at radius 1 is 0.625 bits per heavy atom. The van der Waals surface area contributed by atoms with Crippen molar-refractivity contribution >= 4 is 0 Å². The first-order valence-electron chi connectivity index (χ1n) is 9.52. The first kappa shape index (κ1) is 20.9. The van der Waals surface area contributed by atoms with E-state index >= 15 is 0 Å². The summed E-state index contributed by atoms with van der Waals surface area (Å²) in [5.74, 6) is 0.0264. The summed E-state index contributed by atoms with van der Waals surface area (Å²) >= 11 is 0. The summed E-state index contributed by atoms with van der Waals surface area (Å²) in [6.07, 6.45) is 9.09. The van der Waals surface area contributed by atoms with Gasteiger partial charge in [-0.25, -0.2) is 0 Å². The lowest BCUT2D eigenvalue weighted by Gasteiger charge is -2.19. The van der Waals surface area contributed by atoms with E-state index in [-0.39, 0.29) is 11.5 Å². The minimum absolute atomic E-state index is 0.0132. The number of benzene rings is 1. The van der Waals surface area contributed by atoms with E-state index < -0.39 is 0 Å². The number of hydrogen-bond donors (Lipinski definition) is 2. The molecule has 0 amide bonds. The van der Waals surface area contributed by atoms with Gasteiger partial charge in [0.15, 0.2) is 11.5 Å². The third-order valence-electron chi connectivity index (χ3n) is 4.54. The van der Waals surface area contributed by atoms with Gasteiger partial charge in [0.05, 0.1) is 0 Å². The Kier molecular flexibility index (Phi) is 7.63. The van der Waals surface area contributed by atoms with Crippen LogP contribution in [0.2, 0.25) is 0 Å². The Labute approximate surface area is 149 Å². The van der Waals surface area contributed by atoms with E-state index in [0.29, 0.717) is 10.8 Å². The van der Waals surface area contributed by atoms with Crippen LogP contribution < -0.4 is 0 Å². The fourth-order valence-corrected chi connectivity index (χ4v) is 3.07. The van der Waals surface area contributed by atoms with Gasteiger partial charge in [0, 0.05) is 0 Å². The Morgan fingerprint density at radius 2 is 0.958 bits per heavy atom. The third-order valence-corrected chi connectivity index (χ3v) is 4.54. The predicted octanol–water partition coefficient (Wildman–Crippen LogP) is 6.62. The summed E-state index contributed by atoms with van der Waals surface area (Å²) in [4.78, 5) is 0. The number of aryl methyl sites for hydroxylation is 2. The SMILES string of the molecule is CC(C)(C)CCCCc1cc(O)c(O)cc1CCCCC(C)(C)C. The second-order valence-electron chi connectivity index (χ2n) is 9.65. The molecular weight excluding hydrogens is 296 g/mol. The van der Waals surface area contributed by atoms with Crippen molar-refractivity contribution in [3.05, 3.63) is 23.3 Å². The van der Waals surface area contributed by atoms with Gasteiger partial charge in [-0.2, -0.15) is 0 Å². The first-order valence-corrected chi connectivity index (χ1v) is 9.52. The van der Waals surface area contributed by atoms with Crippen LogP contribution in [0.3, 0.4) is 0 Å². The van der Waals surface area contributed by atoms with Gasteiger partial charge in [-0.3, -0.25) is 0 Å². The second kappa shape index (κ2) is 8.78. The van der Waals surface area contributed by atoms with Crippen molar-refractivity contribution in [3.63, 3.8) is 0 Å². The quantitative estimate of drug-likeness (QED) is 0.414. The highest BCUT2D eigenvalue weighted by molar-refractivity contribution is 5.45. The van der Waals surface area contributed by atoms with Crippen LogP contribution in [0, 0.1) is 10.8 Å². The highest BCUT2D eigenvalue weighted by atomic mass is 16.3. The number of hydrogen-bond acceptors (Lipinski definition) is 2. The zero-order chi connectivity index (χ0) is 18.4. The average molecular weight is 335 g/mol. The van der Waals surface area contributed by atoms with Gasteiger partial charge >= 0.3 is 0 Å². The molecule has 24 heavy (non-hydrogen) atoms. The molecule has 1 aromatic carbocycles. The molecular formula is C22H38O2. The van der Waals surface area contributed by atoms with Crippen LogP contribution in [0.4, 0.5) is 0 Å². The molecule has 0 spiro atoms. The topological polar surface area (TPSA) is 40.5 Å². The molecule has 0 aliphatic carbocycles. The fourth-order valence-electron chi connectivity index (χ4n) is 3.07. The highest BCUT2D eigenvalue weighted by Gasteiger charge is 2.13. The van der Waals surface area contributed by atoms with Crippen molar-refractivity contribution in [2.75, 3.05) is 0 Å². The van der Waals surface area contributed by atoms with Crippen molar-refractivity contribution in [1.29, 1.82) is 0 Å². The Bertz CT molecular complexity index is 457. The zero-order valence-electron chi connectivity index (χ0n) is 16.7. The third kappa shape index (κ3) is 8.61. The zero-order valence-corrected chi connectivity index (χ0v) is 16.7. The minimum Gasteiger partial charge on any atom is -0.504 e. The Morgan fingerprint density at radius 3 is 1.25 bits per heavy atom. The molecule has 1 rings (SSSR count). The van der Waals surface area contributed by atoms with Crippen LogP contribution in [0.1, 0.15) is 91.2 Å². The number of phenolic OH excluding ortho intramolecular Hbond substituents is 2. The summed E-state index contributed by atoms with van der Waals surface area (Å²) in [7, 11) is 0. The maximum atomic E-state index is 9.84. The van der Waals surface area contributed by atoms with E-state index in [9.17, 15) is 10.2 Å². The minimum atomic E-state index is 0.0132. The second-order valence-corrected chi connectivity index (χ2v) is 9.65. The average Bonchev–Trinajstić information content (AvgIpc) is 2.42. The molecule has 0 aliphatic heterocycles. The van der Waals surface area contributed by atoms with Crippen molar-refractivity contribution in [2.24, 2.45) is 10.8 Å². The molecule has 2 nitrogen and oxygen atoms in total.